The number of aliphatic hydroxyl groups excluding tert-OH is 1. The van der Waals surface area contributed by atoms with E-state index in [2.05, 4.69) is 5.32 Å². The highest BCUT2D eigenvalue weighted by atomic mass is 16.6. The quantitative estimate of drug-likeness (QED) is 0.753. The fourth-order valence-corrected chi connectivity index (χ4v) is 1.67. The van der Waals surface area contributed by atoms with Gasteiger partial charge in [0.2, 0.25) is 0 Å². The number of aliphatic hydroxyl groups is 1. The van der Waals surface area contributed by atoms with E-state index in [-0.39, 0.29) is 6.61 Å². The summed E-state index contributed by atoms with van der Waals surface area (Å²) < 4.78 is 10.4. The highest BCUT2D eigenvalue weighted by Gasteiger charge is 2.30. The van der Waals surface area contributed by atoms with Gasteiger partial charge in [-0.1, -0.05) is 37.3 Å². The molecule has 0 aliphatic rings. The van der Waals surface area contributed by atoms with Crippen LogP contribution < -0.4 is 5.32 Å². The van der Waals surface area contributed by atoms with Crippen LogP contribution in [-0.2, 0) is 20.9 Å². The predicted molar refractivity (Wildman–Crippen MR) is 85.7 cm³/mol. The summed E-state index contributed by atoms with van der Waals surface area (Å²) in [6, 6.07) is 7.97. The molecule has 0 fully saturated rings. The van der Waals surface area contributed by atoms with Crippen molar-refractivity contribution in [3.63, 3.8) is 0 Å². The van der Waals surface area contributed by atoms with E-state index in [0.29, 0.717) is 6.42 Å². The topological polar surface area (TPSA) is 84.9 Å². The molecule has 1 rings (SSSR count). The third kappa shape index (κ3) is 6.69. The maximum atomic E-state index is 12.1. The van der Waals surface area contributed by atoms with E-state index in [1.165, 1.54) is 6.92 Å². The van der Waals surface area contributed by atoms with Crippen molar-refractivity contribution >= 4 is 12.1 Å². The van der Waals surface area contributed by atoms with Crippen LogP contribution in [0, 0.1) is 0 Å². The van der Waals surface area contributed by atoms with E-state index in [1.54, 1.807) is 13.8 Å². The number of esters is 1. The Kier molecular flexibility index (Phi) is 7.03. The van der Waals surface area contributed by atoms with E-state index in [0.717, 1.165) is 5.56 Å². The Morgan fingerprint density at radius 3 is 2.39 bits per heavy atom. The average molecular weight is 323 g/mol. The van der Waals surface area contributed by atoms with Crippen LogP contribution in [-0.4, -0.2) is 34.9 Å². The summed E-state index contributed by atoms with van der Waals surface area (Å²) in [7, 11) is 0. The fourth-order valence-electron chi connectivity index (χ4n) is 1.67. The Bertz CT molecular complexity index is 513. The fraction of sp³-hybridized carbons (Fsp3) is 0.529. The molecule has 0 saturated carbocycles. The second-order valence-corrected chi connectivity index (χ2v) is 5.96. The lowest BCUT2D eigenvalue weighted by molar-refractivity contribution is -0.150. The summed E-state index contributed by atoms with van der Waals surface area (Å²) in [6.07, 6.45) is -1.24. The maximum absolute atomic E-state index is 12.1. The van der Waals surface area contributed by atoms with Crippen molar-refractivity contribution in [2.45, 2.75) is 58.5 Å². The number of nitrogens with one attached hydrogen (secondary N) is 1. The zero-order valence-electron chi connectivity index (χ0n) is 14.0. The maximum Gasteiger partial charge on any atom is 0.408 e. The van der Waals surface area contributed by atoms with Crippen LogP contribution in [0.5, 0.6) is 0 Å². The number of amides is 1. The Morgan fingerprint density at radius 1 is 1.26 bits per heavy atom. The van der Waals surface area contributed by atoms with Gasteiger partial charge in [0.25, 0.3) is 0 Å². The summed E-state index contributed by atoms with van der Waals surface area (Å²) in [5.41, 5.74) is 0.168. The van der Waals surface area contributed by atoms with Crippen LogP contribution in [0.4, 0.5) is 4.79 Å². The zero-order chi connectivity index (χ0) is 17.5. The molecule has 0 aliphatic carbocycles. The molecule has 0 unspecified atom stereocenters. The second-order valence-electron chi connectivity index (χ2n) is 5.96. The average Bonchev–Trinajstić information content (AvgIpc) is 2.50. The van der Waals surface area contributed by atoms with Crippen molar-refractivity contribution < 1.29 is 24.2 Å². The largest absolute Gasteiger partial charge is 0.459 e. The van der Waals surface area contributed by atoms with Gasteiger partial charge >= 0.3 is 12.1 Å². The van der Waals surface area contributed by atoms with Crippen LogP contribution in [0.25, 0.3) is 0 Å². The van der Waals surface area contributed by atoms with Gasteiger partial charge < -0.3 is 19.9 Å². The first-order chi connectivity index (χ1) is 10.7. The lowest BCUT2D eigenvalue weighted by Crippen LogP contribution is -2.50. The SMILES string of the molecule is CCC(C)(C)OC(=O)N[C@H](C(=O)OCc1ccccc1)[C@H](C)O. The van der Waals surface area contributed by atoms with Crippen LogP contribution in [0.15, 0.2) is 30.3 Å². The molecule has 23 heavy (non-hydrogen) atoms. The number of benzene rings is 1. The number of carbonyl (C=O) groups excluding carboxylic acids is 2. The molecule has 0 heterocycles. The molecule has 0 bridgehead atoms. The normalized spacial score (nSPS) is 13.8. The number of alkyl carbamates (subject to hydrolysis) is 1. The van der Waals surface area contributed by atoms with E-state index in [4.69, 9.17) is 9.47 Å². The Balaban J connectivity index is 2.60. The van der Waals surface area contributed by atoms with E-state index >= 15 is 0 Å². The molecule has 6 nitrogen and oxygen atoms in total. The van der Waals surface area contributed by atoms with Gasteiger partial charge in [0.15, 0.2) is 6.04 Å². The van der Waals surface area contributed by atoms with Crippen LogP contribution in [0.2, 0.25) is 0 Å². The molecule has 1 aromatic rings. The van der Waals surface area contributed by atoms with Gasteiger partial charge in [0.05, 0.1) is 6.10 Å². The molecule has 0 spiro atoms. The van der Waals surface area contributed by atoms with Crippen molar-refractivity contribution in [1.29, 1.82) is 0 Å². The smallest absolute Gasteiger partial charge is 0.408 e. The van der Waals surface area contributed by atoms with Gasteiger partial charge in [0.1, 0.15) is 12.2 Å². The van der Waals surface area contributed by atoms with Crippen molar-refractivity contribution in [3.05, 3.63) is 35.9 Å². The van der Waals surface area contributed by atoms with Crippen molar-refractivity contribution in [1.82, 2.24) is 5.32 Å². The lowest BCUT2D eigenvalue weighted by atomic mass is 10.1. The molecule has 0 radical (unpaired) electrons. The standard InChI is InChI=1S/C17H25NO5/c1-5-17(3,4)23-16(21)18-14(12(2)19)15(20)22-11-13-9-7-6-8-10-13/h6-10,12,14,19H,5,11H2,1-4H3,(H,18,21)/t12-,14-/m0/s1. The highest BCUT2D eigenvalue weighted by Crippen LogP contribution is 2.14. The first kappa shape index (κ1) is 19.0. The van der Waals surface area contributed by atoms with Gasteiger partial charge in [-0.05, 0) is 32.8 Å². The molecular weight excluding hydrogens is 298 g/mol. The molecule has 2 atom stereocenters. The number of hydrogen-bond acceptors (Lipinski definition) is 5. The van der Waals surface area contributed by atoms with Gasteiger partial charge in [-0.15, -0.1) is 0 Å². The summed E-state index contributed by atoms with van der Waals surface area (Å²) in [5, 5.41) is 12.1. The molecule has 128 valence electrons. The van der Waals surface area contributed by atoms with E-state index < -0.39 is 29.8 Å². The first-order valence-electron chi connectivity index (χ1n) is 7.63. The van der Waals surface area contributed by atoms with Crippen LogP contribution >= 0.6 is 0 Å². The first-order valence-corrected chi connectivity index (χ1v) is 7.63. The van der Waals surface area contributed by atoms with Gasteiger partial charge in [-0.3, -0.25) is 0 Å². The molecule has 6 heteroatoms. The van der Waals surface area contributed by atoms with E-state index in [1.807, 2.05) is 37.3 Å². The Labute approximate surface area is 136 Å². The zero-order valence-corrected chi connectivity index (χ0v) is 14.0. The third-order valence-corrected chi connectivity index (χ3v) is 3.45. The van der Waals surface area contributed by atoms with Crippen LogP contribution in [0.3, 0.4) is 0 Å². The van der Waals surface area contributed by atoms with E-state index in [9.17, 15) is 14.7 Å². The monoisotopic (exact) mass is 323 g/mol. The minimum absolute atomic E-state index is 0.0695. The van der Waals surface area contributed by atoms with Crippen molar-refractivity contribution in [2.75, 3.05) is 0 Å². The van der Waals surface area contributed by atoms with Crippen molar-refractivity contribution in [2.24, 2.45) is 0 Å². The van der Waals surface area contributed by atoms with Crippen molar-refractivity contribution in [3.8, 4) is 0 Å². The van der Waals surface area contributed by atoms with Gasteiger partial charge in [0, 0.05) is 0 Å². The Hall–Kier alpha value is -2.08. The number of rotatable bonds is 7. The molecule has 0 aliphatic heterocycles. The summed E-state index contributed by atoms with van der Waals surface area (Å²) in [4.78, 5) is 23.9. The minimum atomic E-state index is -1.18. The summed E-state index contributed by atoms with van der Waals surface area (Å²) in [6.45, 7) is 6.88. The molecular formula is C17H25NO5. The minimum Gasteiger partial charge on any atom is -0.459 e. The molecule has 0 saturated heterocycles. The summed E-state index contributed by atoms with van der Waals surface area (Å²) >= 11 is 0. The number of ether oxygens (including phenoxy) is 2. The molecule has 2 N–H and O–H groups in total. The second kappa shape index (κ2) is 8.53. The van der Waals surface area contributed by atoms with Crippen LogP contribution in [0.1, 0.15) is 39.7 Å². The molecule has 1 aromatic carbocycles. The third-order valence-electron chi connectivity index (χ3n) is 3.45. The number of carbonyl (C=O) groups is 2. The lowest BCUT2D eigenvalue weighted by Gasteiger charge is -2.26. The molecule has 0 aromatic heterocycles. The number of hydrogen-bond donors (Lipinski definition) is 2. The Morgan fingerprint density at radius 2 is 1.87 bits per heavy atom. The highest BCUT2D eigenvalue weighted by molar-refractivity contribution is 5.82. The predicted octanol–water partition coefficient (Wildman–Crippen LogP) is 2.39. The molecule has 1 amide bonds. The summed E-state index contributed by atoms with van der Waals surface area (Å²) in [5.74, 6) is -0.713. The van der Waals surface area contributed by atoms with Gasteiger partial charge in [-0.2, -0.15) is 0 Å². The van der Waals surface area contributed by atoms with Gasteiger partial charge in [-0.25, -0.2) is 9.59 Å².